The summed E-state index contributed by atoms with van der Waals surface area (Å²) in [6, 6.07) is 17.6. The molecule has 0 aliphatic rings. The number of allylic oxidation sites excluding steroid dienone is 1. The third kappa shape index (κ3) is 3.20. The smallest absolute Gasteiger partial charge is 0.185 e. The fourth-order valence-electron chi connectivity index (χ4n) is 1.74. The predicted octanol–water partition coefficient (Wildman–Crippen LogP) is 2.69. The van der Waals surface area contributed by atoms with Crippen molar-refractivity contribution in [2.45, 2.75) is 6.82 Å². The monoisotopic (exact) mass is 234 g/mol. The molecular formula is C16H15BO. The van der Waals surface area contributed by atoms with Crippen LogP contribution in [-0.4, -0.2) is 13.1 Å². The molecule has 0 heterocycles. The molecule has 0 saturated carbocycles. The average Bonchev–Trinajstić information content (AvgIpc) is 2.46. The Hall–Kier alpha value is -2.09. The number of rotatable bonds is 4. The quantitative estimate of drug-likeness (QED) is 0.451. The van der Waals surface area contributed by atoms with Crippen LogP contribution in [0.25, 0.3) is 6.08 Å². The molecule has 0 fully saturated rings. The van der Waals surface area contributed by atoms with Crippen molar-refractivity contribution in [2.24, 2.45) is 0 Å². The van der Waals surface area contributed by atoms with Crippen LogP contribution >= 0.6 is 0 Å². The Morgan fingerprint density at radius 2 is 1.67 bits per heavy atom. The van der Waals surface area contributed by atoms with Crippen molar-refractivity contribution in [2.75, 3.05) is 0 Å². The highest BCUT2D eigenvalue weighted by Crippen LogP contribution is 2.04. The van der Waals surface area contributed by atoms with Crippen molar-refractivity contribution in [3.8, 4) is 0 Å². The third-order valence-electron chi connectivity index (χ3n) is 2.87. The minimum absolute atomic E-state index is 0.0372. The van der Waals surface area contributed by atoms with Gasteiger partial charge in [0, 0.05) is 5.56 Å². The Balaban J connectivity index is 2.08. The van der Waals surface area contributed by atoms with E-state index in [1.165, 1.54) is 5.46 Å². The topological polar surface area (TPSA) is 17.1 Å². The molecule has 2 aromatic rings. The lowest BCUT2D eigenvalue weighted by molar-refractivity contribution is 0.104. The van der Waals surface area contributed by atoms with Crippen LogP contribution < -0.4 is 5.46 Å². The first-order valence-corrected chi connectivity index (χ1v) is 6.16. The summed E-state index contributed by atoms with van der Waals surface area (Å²) in [4.78, 5) is 11.9. The number of hydrogen-bond acceptors (Lipinski definition) is 1. The molecule has 2 aromatic carbocycles. The Bertz CT molecular complexity index is 541. The lowest BCUT2D eigenvalue weighted by atomic mass is 9.73. The second-order valence-electron chi connectivity index (χ2n) is 4.16. The van der Waals surface area contributed by atoms with Crippen molar-refractivity contribution in [1.82, 2.24) is 0 Å². The molecule has 0 unspecified atom stereocenters. The maximum atomic E-state index is 11.9. The SMILES string of the molecule is CBc1ccc(/C=C/C(=O)c2ccccc2)cc1. The van der Waals surface area contributed by atoms with Crippen molar-refractivity contribution in [1.29, 1.82) is 0 Å². The van der Waals surface area contributed by atoms with Crippen LogP contribution in [0, 0.1) is 0 Å². The average molecular weight is 234 g/mol. The number of benzene rings is 2. The van der Waals surface area contributed by atoms with Gasteiger partial charge in [0.25, 0.3) is 0 Å². The van der Waals surface area contributed by atoms with E-state index in [-0.39, 0.29) is 5.78 Å². The van der Waals surface area contributed by atoms with Gasteiger partial charge in [-0.05, 0) is 11.6 Å². The summed E-state index contributed by atoms with van der Waals surface area (Å²) in [5.74, 6) is 0.0372. The first-order chi connectivity index (χ1) is 8.79. The summed E-state index contributed by atoms with van der Waals surface area (Å²) >= 11 is 0. The summed E-state index contributed by atoms with van der Waals surface area (Å²) in [7, 11) is 1.03. The third-order valence-corrected chi connectivity index (χ3v) is 2.87. The van der Waals surface area contributed by atoms with Crippen molar-refractivity contribution >= 4 is 24.6 Å². The van der Waals surface area contributed by atoms with Gasteiger partial charge in [0.15, 0.2) is 13.1 Å². The number of carbonyl (C=O) groups is 1. The first kappa shape index (κ1) is 12.4. The highest BCUT2D eigenvalue weighted by molar-refractivity contribution is 6.51. The van der Waals surface area contributed by atoms with Gasteiger partial charge in [-0.1, -0.05) is 73.0 Å². The van der Waals surface area contributed by atoms with Gasteiger partial charge in [-0.2, -0.15) is 0 Å². The van der Waals surface area contributed by atoms with Gasteiger partial charge in [-0.3, -0.25) is 4.79 Å². The molecule has 0 saturated heterocycles. The molecule has 18 heavy (non-hydrogen) atoms. The lowest BCUT2D eigenvalue weighted by Gasteiger charge is -1.97. The fraction of sp³-hybridized carbons (Fsp3) is 0.0625. The van der Waals surface area contributed by atoms with Crippen molar-refractivity contribution in [3.05, 3.63) is 71.8 Å². The standard InChI is InChI=1S/C16H15BO/c1-17-15-10-7-13(8-11-15)9-12-16(18)14-5-3-2-4-6-14/h2-12,17H,1H3/b12-9+. The van der Waals surface area contributed by atoms with E-state index in [1.54, 1.807) is 6.08 Å². The minimum atomic E-state index is 0.0372. The summed E-state index contributed by atoms with van der Waals surface area (Å²) in [6.07, 6.45) is 3.48. The Kier molecular flexibility index (Phi) is 4.13. The van der Waals surface area contributed by atoms with Gasteiger partial charge in [0.1, 0.15) is 0 Å². The van der Waals surface area contributed by atoms with E-state index in [0.717, 1.165) is 18.4 Å². The van der Waals surface area contributed by atoms with Gasteiger partial charge in [-0.15, -0.1) is 0 Å². The lowest BCUT2D eigenvalue weighted by Crippen LogP contribution is -2.08. The van der Waals surface area contributed by atoms with E-state index in [1.807, 2.05) is 48.5 Å². The normalized spacial score (nSPS) is 10.5. The fourth-order valence-corrected chi connectivity index (χ4v) is 1.74. The maximum Gasteiger partial charge on any atom is 0.185 e. The van der Waals surface area contributed by atoms with E-state index in [4.69, 9.17) is 0 Å². The van der Waals surface area contributed by atoms with Crippen LogP contribution in [0.15, 0.2) is 60.7 Å². The molecule has 1 nitrogen and oxygen atoms in total. The molecule has 0 radical (unpaired) electrons. The summed E-state index contributed by atoms with van der Waals surface area (Å²) in [5, 5.41) is 0. The van der Waals surface area contributed by atoms with Gasteiger partial charge >= 0.3 is 0 Å². The molecule has 0 bridgehead atoms. The van der Waals surface area contributed by atoms with Gasteiger partial charge in [0.2, 0.25) is 0 Å². The van der Waals surface area contributed by atoms with E-state index >= 15 is 0 Å². The molecule has 2 heteroatoms. The second-order valence-corrected chi connectivity index (χ2v) is 4.16. The van der Waals surface area contributed by atoms with Crippen LogP contribution in [0.5, 0.6) is 0 Å². The van der Waals surface area contributed by atoms with E-state index < -0.39 is 0 Å². The highest BCUT2D eigenvalue weighted by Gasteiger charge is 1.99. The van der Waals surface area contributed by atoms with E-state index in [2.05, 4.69) is 19.0 Å². The van der Waals surface area contributed by atoms with Crippen LogP contribution in [0.3, 0.4) is 0 Å². The Morgan fingerprint density at radius 3 is 2.28 bits per heavy atom. The number of carbonyl (C=O) groups excluding carboxylic acids is 1. The second kappa shape index (κ2) is 6.01. The molecule has 2 rings (SSSR count). The summed E-state index contributed by atoms with van der Waals surface area (Å²) in [5.41, 5.74) is 3.08. The molecule has 0 aromatic heterocycles. The van der Waals surface area contributed by atoms with Crippen molar-refractivity contribution in [3.63, 3.8) is 0 Å². The highest BCUT2D eigenvalue weighted by atomic mass is 16.1. The largest absolute Gasteiger partial charge is 0.289 e. The molecule has 0 aliphatic heterocycles. The predicted molar refractivity (Wildman–Crippen MR) is 78.9 cm³/mol. The first-order valence-electron chi connectivity index (χ1n) is 6.16. The Labute approximate surface area is 108 Å². The molecule has 0 atom stereocenters. The minimum Gasteiger partial charge on any atom is -0.289 e. The molecule has 0 aliphatic carbocycles. The van der Waals surface area contributed by atoms with Crippen LogP contribution in [0.2, 0.25) is 6.82 Å². The van der Waals surface area contributed by atoms with E-state index in [9.17, 15) is 4.79 Å². The summed E-state index contributed by atoms with van der Waals surface area (Å²) in [6.45, 7) is 2.13. The van der Waals surface area contributed by atoms with Crippen LogP contribution in [0.1, 0.15) is 15.9 Å². The summed E-state index contributed by atoms with van der Waals surface area (Å²) < 4.78 is 0. The number of hydrogen-bond donors (Lipinski definition) is 0. The zero-order valence-electron chi connectivity index (χ0n) is 10.5. The molecular weight excluding hydrogens is 219 g/mol. The zero-order valence-corrected chi connectivity index (χ0v) is 10.5. The molecule has 0 amide bonds. The zero-order chi connectivity index (χ0) is 12.8. The van der Waals surface area contributed by atoms with Crippen LogP contribution in [0.4, 0.5) is 0 Å². The van der Waals surface area contributed by atoms with Crippen molar-refractivity contribution < 1.29 is 4.79 Å². The molecule has 88 valence electrons. The number of ketones is 1. The maximum absolute atomic E-state index is 11.9. The van der Waals surface area contributed by atoms with Gasteiger partial charge in [0.05, 0.1) is 0 Å². The van der Waals surface area contributed by atoms with E-state index in [0.29, 0.717) is 0 Å². The van der Waals surface area contributed by atoms with Gasteiger partial charge < -0.3 is 0 Å². The molecule has 0 spiro atoms. The molecule has 0 N–H and O–H groups in total. The van der Waals surface area contributed by atoms with Gasteiger partial charge in [-0.25, -0.2) is 0 Å². The van der Waals surface area contributed by atoms with Crippen LogP contribution in [-0.2, 0) is 0 Å². The Morgan fingerprint density at radius 1 is 1.00 bits per heavy atom.